The summed E-state index contributed by atoms with van der Waals surface area (Å²) in [7, 11) is 0. The first-order chi connectivity index (χ1) is 9.13. The monoisotopic (exact) mass is 271 g/mol. The Bertz CT molecular complexity index is 571. The molecule has 1 N–H and O–H groups in total. The van der Waals surface area contributed by atoms with E-state index in [1.165, 1.54) is 0 Å². The second-order valence-electron chi connectivity index (χ2n) is 3.90. The molecule has 1 aromatic heterocycles. The van der Waals surface area contributed by atoms with Crippen molar-refractivity contribution in [2.24, 2.45) is 0 Å². The van der Waals surface area contributed by atoms with Gasteiger partial charge in [-0.3, -0.25) is 0 Å². The topological polar surface area (TPSA) is 51.0 Å². The largest absolute Gasteiger partial charge is 0.419 e. The SMILES string of the molecule is CCCNCc1nnc(-c2ccc(F)c(F)c2F)o1. The molecule has 0 aliphatic rings. The Morgan fingerprint density at radius 1 is 1.16 bits per heavy atom. The van der Waals surface area contributed by atoms with Crippen LogP contribution in [0.25, 0.3) is 11.5 Å². The van der Waals surface area contributed by atoms with E-state index in [4.69, 9.17) is 4.42 Å². The number of halogens is 3. The summed E-state index contributed by atoms with van der Waals surface area (Å²) < 4.78 is 44.6. The molecule has 1 aromatic carbocycles. The van der Waals surface area contributed by atoms with Crippen molar-refractivity contribution in [3.8, 4) is 11.5 Å². The highest BCUT2D eigenvalue weighted by Crippen LogP contribution is 2.24. The zero-order chi connectivity index (χ0) is 13.8. The molecule has 0 aliphatic carbocycles. The lowest BCUT2D eigenvalue weighted by Gasteiger charge is -2.00. The fourth-order valence-corrected chi connectivity index (χ4v) is 1.50. The van der Waals surface area contributed by atoms with E-state index in [-0.39, 0.29) is 17.3 Å². The van der Waals surface area contributed by atoms with Crippen LogP contribution in [0.1, 0.15) is 19.2 Å². The fraction of sp³-hybridized carbons (Fsp3) is 0.333. The molecule has 102 valence electrons. The van der Waals surface area contributed by atoms with Crippen molar-refractivity contribution in [2.75, 3.05) is 6.54 Å². The molecular formula is C12H12F3N3O. The molecule has 0 bridgehead atoms. The lowest BCUT2D eigenvalue weighted by Crippen LogP contribution is -2.13. The van der Waals surface area contributed by atoms with Crippen LogP contribution in [0.15, 0.2) is 16.5 Å². The summed E-state index contributed by atoms with van der Waals surface area (Å²) in [6.07, 6.45) is 0.943. The molecule has 0 unspecified atom stereocenters. The van der Waals surface area contributed by atoms with Crippen LogP contribution < -0.4 is 5.32 Å². The first kappa shape index (κ1) is 13.5. The number of hydrogen-bond acceptors (Lipinski definition) is 4. The fourth-order valence-electron chi connectivity index (χ4n) is 1.50. The average Bonchev–Trinajstić information content (AvgIpc) is 2.85. The smallest absolute Gasteiger partial charge is 0.250 e. The molecule has 0 saturated heterocycles. The number of nitrogens with zero attached hydrogens (tertiary/aromatic N) is 2. The molecule has 2 aromatic rings. The highest BCUT2D eigenvalue weighted by molar-refractivity contribution is 5.53. The van der Waals surface area contributed by atoms with Crippen molar-refractivity contribution in [1.29, 1.82) is 0 Å². The van der Waals surface area contributed by atoms with E-state index in [1.54, 1.807) is 0 Å². The standard InChI is InChI=1S/C12H12F3N3O/c1-2-5-16-6-9-17-18-12(19-9)7-3-4-8(13)11(15)10(7)14/h3-4,16H,2,5-6H2,1H3. The number of benzene rings is 1. The van der Waals surface area contributed by atoms with Crippen molar-refractivity contribution in [2.45, 2.75) is 19.9 Å². The zero-order valence-electron chi connectivity index (χ0n) is 10.2. The van der Waals surface area contributed by atoms with Gasteiger partial charge in [-0.05, 0) is 25.1 Å². The maximum absolute atomic E-state index is 13.5. The van der Waals surface area contributed by atoms with Gasteiger partial charge in [-0.15, -0.1) is 10.2 Å². The lowest BCUT2D eigenvalue weighted by atomic mass is 10.2. The molecule has 0 radical (unpaired) electrons. The molecule has 7 heteroatoms. The molecule has 0 spiro atoms. The molecule has 19 heavy (non-hydrogen) atoms. The maximum Gasteiger partial charge on any atom is 0.250 e. The van der Waals surface area contributed by atoms with E-state index in [2.05, 4.69) is 15.5 Å². The summed E-state index contributed by atoms with van der Waals surface area (Å²) in [6, 6.07) is 1.87. The third-order valence-corrected chi connectivity index (χ3v) is 2.44. The molecule has 0 fully saturated rings. The summed E-state index contributed by atoms with van der Waals surface area (Å²) >= 11 is 0. The minimum absolute atomic E-state index is 0.176. The van der Waals surface area contributed by atoms with E-state index in [0.717, 1.165) is 25.1 Å². The van der Waals surface area contributed by atoms with Gasteiger partial charge in [0.2, 0.25) is 5.89 Å². The van der Waals surface area contributed by atoms with Crippen molar-refractivity contribution < 1.29 is 17.6 Å². The van der Waals surface area contributed by atoms with Gasteiger partial charge in [-0.2, -0.15) is 0 Å². The third-order valence-electron chi connectivity index (χ3n) is 2.44. The Balaban J connectivity index is 2.21. The first-order valence-corrected chi connectivity index (χ1v) is 5.80. The normalized spacial score (nSPS) is 10.9. The summed E-state index contributed by atoms with van der Waals surface area (Å²) in [5.74, 6) is -4.07. The van der Waals surface area contributed by atoms with Crippen molar-refractivity contribution in [3.05, 3.63) is 35.5 Å². The Morgan fingerprint density at radius 3 is 2.68 bits per heavy atom. The van der Waals surface area contributed by atoms with Gasteiger partial charge >= 0.3 is 0 Å². The molecule has 0 atom stereocenters. The number of hydrogen-bond donors (Lipinski definition) is 1. The summed E-state index contributed by atoms with van der Waals surface area (Å²) in [6.45, 7) is 3.12. The molecule has 1 heterocycles. The Morgan fingerprint density at radius 2 is 1.95 bits per heavy atom. The Hall–Kier alpha value is -1.89. The Labute approximate surface area is 107 Å². The second kappa shape index (κ2) is 5.83. The van der Waals surface area contributed by atoms with Crippen LogP contribution in [0.2, 0.25) is 0 Å². The second-order valence-corrected chi connectivity index (χ2v) is 3.90. The number of rotatable bonds is 5. The van der Waals surface area contributed by atoms with E-state index in [9.17, 15) is 13.2 Å². The lowest BCUT2D eigenvalue weighted by molar-refractivity contribution is 0.441. The minimum atomic E-state index is -1.55. The van der Waals surface area contributed by atoms with Gasteiger partial charge in [0.1, 0.15) is 0 Å². The number of aromatic nitrogens is 2. The van der Waals surface area contributed by atoms with Gasteiger partial charge < -0.3 is 9.73 Å². The van der Waals surface area contributed by atoms with E-state index >= 15 is 0 Å². The van der Waals surface area contributed by atoms with Crippen LogP contribution >= 0.6 is 0 Å². The van der Waals surface area contributed by atoms with Crippen molar-refractivity contribution >= 4 is 0 Å². The van der Waals surface area contributed by atoms with Gasteiger partial charge in [0.15, 0.2) is 17.5 Å². The van der Waals surface area contributed by atoms with Crippen LogP contribution in [0.5, 0.6) is 0 Å². The molecule has 0 aliphatic heterocycles. The van der Waals surface area contributed by atoms with Crippen LogP contribution in [-0.2, 0) is 6.54 Å². The van der Waals surface area contributed by atoms with E-state index in [1.807, 2.05) is 6.92 Å². The van der Waals surface area contributed by atoms with Crippen LogP contribution in [-0.4, -0.2) is 16.7 Å². The van der Waals surface area contributed by atoms with E-state index < -0.39 is 17.5 Å². The number of nitrogens with one attached hydrogen (secondary N) is 1. The molecule has 0 saturated carbocycles. The predicted octanol–water partition coefficient (Wildman–Crippen LogP) is 2.65. The highest BCUT2D eigenvalue weighted by Gasteiger charge is 2.18. The maximum atomic E-state index is 13.5. The highest BCUT2D eigenvalue weighted by atomic mass is 19.2. The predicted molar refractivity (Wildman–Crippen MR) is 61.6 cm³/mol. The van der Waals surface area contributed by atoms with Gasteiger partial charge in [-0.25, -0.2) is 13.2 Å². The quantitative estimate of drug-likeness (QED) is 0.671. The summed E-state index contributed by atoms with van der Waals surface area (Å²) in [5, 5.41) is 10.3. The Kier molecular flexibility index (Phi) is 4.16. The molecule has 2 rings (SSSR count). The molecule has 4 nitrogen and oxygen atoms in total. The van der Waals surface area contributed by atoms with Crippen molar-refractivity contribution in [3.63, 3.8) is 0 Å². The minimum Gasteiger partial charge on any atom is -0.419 e. The van der Waals surface area contributed by atoms with Gasteiger partial charge in [0.05, 0.1) is 12.1 Å². The summed E-state index contributed by atoms with van der Waals surface area (Å²) in [4.78, 5) is 0. The van der Waals surface area contributed by atoms with Gasteiger partial charge in [0, 0.05) is 0 Å². The first-order valence-electron chi connectivity index (χ1n) is 5.80. The van der Waals surface area contributed by atoms with Crippen LogP contribution in [0.4, 0.5) is 13.2 Å². The summed E-state index contributed by atoms with van der Waals surface area (Å²) in [5.41, 5.74) is -0.256. The van der Waals surface area contributed by atoms with E-state index in [0.29, 0.717) is 6.54 Å². The van der Waals surface area contributed by atoms with Gasteiger partial charge in [-0.1, -0.05) is 6.92 Å². The molecule has 0 amide bonds. The zero-order valence-corrected chi connectivity index (χ0v) is 10.2. The average molecular weight is 271 g/mol. The van der Waals surface area contributed by atoms with Crippen LogP contribution in [0, 0.1) is 17.5 Å². The molecular weight excluding hydrogens is 259 g/mol. The van der Waals surface area contributed by atoms with Crippen LogP contribution in [0.3, 0.4) is 0 Å². The van der Waals surface area contributed by atoms with Crippen molar-refractivity contribution in [1.82, 2.24) is 15.5 Å². The third kappa shape index (κ3) is 2.93. The van der Waals surface area contributed by atoms with Gasteiger partial charge in [0.25, 0.3) is 5.89 Å².